The molecule has 0 bridgehead atoms. The molecule has 212 valence electrons. The molecule has 0 aromatic heterocycles. The molecule has 2 heterocycles. The molecule has 1 unspecified atom stereocenters. The van der Waals surface area contributed by atoms with E-state index >= 15 is 0 Å². The number of carbonyl (C=O) groups excluding carboxylic acids is 2. The van der Waals surface area contributed by atoms with Crippen LogP contribution in [0.2, 0.25) is 0 Å². The van der Waals surface area contributed by atoms with E-state index in [9.17, 15) is 14.7 Å². The number of aliphatic hydroxyl groups is 1. The second-order valence-corrected chi connectivity index (χ2v) is 9.56. The molecule has 7 atom stereocenters. The van der Waals surface area contributed by atoms with Crippen molar-refractivity contribution in [1.29, 1.82) is 0 Å². The van der Waals surface area contributed by atoms with E-state index in [1.165, 1.54) is 0 Å². The van der Waals surface area contributed by atoms with Crippen molar-refractivity contribution < 1.29 is 38.4 Å². The van der Waals surface area contributed by atoms with E-state index in [-0.39, 0.29) is 19.1 Å². The minimum absolute atomic E-state index is 0.177. The second kappa shape index (κ2) is 14.5. The van der Waals surface area contributed by atoms with Crippen molar-refractivity contribution in [2.75, 3.05) is 19.8 Å². The van der Waals surface area contributed by atoms with Gasteiger partial charge in [0.1, 0.15) is 30.5 Å². The quantitative estimate of drug-likeness (QED) is 0.349. The van der Waals surface area contributed by atoms with Gasteiger partial charge in [0.05, 0.1) is 13.2 Å². The molecule has 2 saturated heterocycles. The Hall–Kier alpha value is -2.86. The zero-order valence-electron chi connectivity index (χ0n) is 22.4. The maximum Gasteiger partial charge on any atom is 0.270 e. The molecule has 4 rings (SSSR count). The van der Waals surface area contributed by atoms with E-state index in [4.69, 9.17) is 23.7 Å². The van der Waals surface area contributed by atoms with Gasteiger partial charge in [0.2, 0.25) is 12.1 Å². The molecular weight excluding hydrogens is 504 g/mol. The smallest absolute Gasteiger partial charge is 0.270 e. The number of benzene rings is 2. The van der Waals surface area contributed by atoms with Gasteiger partial charge in [-0.2, -0.15) is 0 Å². The van der Waals surface area contributed by atoms with E-state index in [0.717, 1.165) is 17.5 Å². The predicted octanol–water partition coefficient (Wildman–Crippen LogP) is 1.69. The van der Waals surface area contributed by atoms with Gasteiger partial charge in [-0.1, -0.05) is 67.6 Å². The zero-order valence-corrected chi connectivity index (χ0v) is 22.4. The standard InChI is InChI=1S/C29H38N2O8/c1-3-15-36-24-23(32)22(39-29(35-4-2)25(24)37-17-20-13-9-6-10-14-20)18-38-28-27(34)30-21(26(33)31-28)16-19-11-7-5-8-12-19/h5-14,21-25,28-29,32H,3-4,15-18H2,1-2H3,(H,30,34)(H,31,33)/t21-,22-,23-,24+,25-,28+,29?/m1/s1. The van der Waals surface area contributed by atoms with Gasteiger partial charge in [-0.25, -0.2) is 0 Å². The number of carbonyl (C=O) groups is 2. The van der Waals surface area contributed by atoms with Gasteiger partial charge in [-0.15, -0.1) is 0 Å². The van der Waals surface area contributed by atoms with Crippen LogP contribution in [0.15, 0.2) is 60.7 Å². The number of aliphatic hydroxyl groups excluding tert-OH is 1. The third-order valence-electron chi connectivity index (χ3n) is 6.60. The fourth-order valence-electron chi connectivity index (χ4n) is 4.62. The van der Waals surface area contributed by atoms with Crippen molar-refractivity contribution in [2.45, 2.75) is 76.3 Å². The lowest BCUT2D eigenvalue weighted by Gasteiger charge is -2.44. The molecule has 2 amide bonds. The summed E-state index contributed by atoms with van der Waals surface area (Å²) in [6.45, 7) is 4.68. The third kappa shape index (κ3) is 7.84. The average molecular weight is 543 g/mol. The van der Waals surface area contributed by atoms with Crippen LogP contribution < -0.4 is 10.6 Å². The molecule has 3 N–H and O–H groups in total. The largest absolute Gasteiger partial charge is 0.387 e. The van der Waals surface area contributed by atoms with Crippen LogP contribution >= 0.6 is 0 Å². The SMILES string of the molecule is CCCO[C@H]1[C@H](O)[C@@H](CO[C@@H]2NC(=O)[C@@H](Cc3ccccc3)NC2=O)OC(OCC)[C@@H]1OCc1ccccc1. The van der Waals surface area contributed by atoms with Crippen molar-refractivity contribution in [3.8, 4) is 0 Å². The number of nitrogens with one attached hydrogen (secondary N) is 2. The fraction of sp³-hybridized carbons (Fsp3) is 0.517. The van der Waals surface area contributed by atoms with Gasteiger partial charge in [0.15, 0.2) is 6.29 Å². The average Bonchev–Trinajstić information content (AvgIpc) is 2.95. The first-order valence-electron chi connectivity index (χ1n) is 13.5. The Balaban J connectivity index is 1.38. The van der Waals surface area contributed by atoms with Crippen molar-refractivity contribution in [3.63, 3.8) is 0 Å². The predicted molar refractivity (Wildman–Crippen MR) is 141 cm³/mol. The molecule has 2 aliphatic heterocycles. The van der Waals surface area contributed by atoms with Gasteiger partial charge in [-0.3, -0.25) is 9.59 Å². The number of rotatable bonds is 13. The normalized spacial score (nSPS) is 29.1. The molecule has 0 radical (unpaired) electrons. The lowest BCUT2D eigenvalue weighted by Crippen LogP contribution is -2.64. The Morgan fingerprint density at radius 1 is 0.821 bits per heavy atom. The number of piperazine rings is 1. The van der Waals surface area contributed by atoms with Crippen molar-refractivity contribution >= 4 is 11.8 Å². The van der Waals surface area contributed by atoms with Crippen LogP contribution in [0, 0.1) is 0 Å². The summed E-state index contributed by atoms with van der Waals surface area (Å²) in [6, 6.07) is 18.4. The summed E-state index contributed by atoms with van der Waals surface area (Å²) >= 11 is 0. The van der Waals surface area contributed by atoms with E-state index in [2.05, 4.69) is 10.6 Å². The van der Waals surface area contributed by atoms with Crippen molar-refractivity contribution in [3.05, 3.63) is 71.8 Å². The van der Waals surface area contributed by atoms with Crippen LogP contribution in [0.1, 0.15) is 31.4 Å². The van der Waals surface area contributed by atoms with Gasteiger partial charge >= 0.3 is 0 Å². The highest BCUT2D eigenvalue weighted by Crippen LogP contribution is 2.28. The number of hydrogen-bond donors (Lipinski definition) is 3. The van der Waals surface area contributed by atoms with Crippen LogP contribution in [0.25, 0.3) is 0 Å². The Bertz CT molecular complexity index is 1040. The zero-order chi connectivity index (χ0) is 27.6. The first kappa shape index (κ1) is 29.1. The second-order valence-electron chi connectivity index (χ2n) is 9.56. The molecule has 2 aromatic carbocycles. The van der Waals surface area contributed by atoms with Crippen LogP contribution in [-0.2, 0) is 46.3 Å². The van der Waals surface area contributed by atoms with Gasteiger partial charge < -0.3 is 39.4 Å². The molecule has 0 aliphatic carbocycles. The molecule has 2 aromatic rings. The Morgan fingerprint density at radius 3 is 2.18 bits per heavy atom. The molecule has 10 nitrogen and oxygen atoms in total. The molecule has 2 fully saturated rings. The lowest BCUT2D eigenvalue weighted by molar-refractivity contribution is -0.319. The first-order valence-corrected chi connectivity index (χ1v) is 13.5. The molecule has 0 saturated carbocycles. The molecular formula is C29H38N2O8. The Kier molecular flexibility index (Phi) is 10.8. The van der Waals surface area contributed by atoms with Crippen molar-refractivity contribution in [2.24, 2.45) is 0 Å². The van der Waals surface area contributed by atoms with E-state index in [1.54, 1.807) is 0 Å². The summed E-state index contributed by atoms with van der Waals surface area (Å²) in [7, 11) is 0. The number of amides is 2. The number of hydrogen-bond acceptors (Lipinski definition) is 8. The van der Waals surface area contributed by atoms with Gasteiger partial charge in [0, 0.05) is 19.6 Å². The topological polar surface area (TPSA) is 125 Å². The highest BCUT2D eigenvalue weighted by molar-refractivity contribution is 5.96. The van der Waals surface area contributed by atoms with E-state index in [1.807, 2.05) is 74.5 Å². The molecule has 0 spiro atoms. The minimum Gasteiger partial charge on any atom is -0.387 e. The summed E-state index contributed by atoms with van der Waals surface area (Å²) in [5.41, 5.74) is 1.90. The Labute approximate surface area is 228 Å². The highest BCUT2D eigenvalue weighted by atomic mass is 16.7. The monoisotopic (exact) mass is 542 g/mol. The van der Waals surface area contributed by atoms with Crippen molar-refractivity contribution in [1.82, 2.24) is 10.6 Å². The maximum absolute atomic E-state index is 12.7. The fourth-order valence-corrected chi connectivity index (χ4v) is 4.62. The van der Waals surface area contributed by atoms with Gasteiger partial charge in [0.25, 0.3) is 5.91 Å². The summed E-state index contributed by atoms with van der Waals surface area (Å²) in [4.78, 5) is 25.4. The van der Waals surface area contributed by atoms with E-state index in [0.29, 0.717) is 19.6 Å². The van der Waals surface area contributed by atoms with Crippen LogP contribution in [0.3, 0.4) is 0 Å². The molecule has 2 aliphatic rings. The summed E-state index contributed by atoms with van der Waals surface area (Å²) < 4.78 is 29.8. The third-order valence-corrected chi connectivity index (χ3v) is 6.60. The highest BCUT2D eigenvalue weighted by Gasteiger charge is 2.48. The maximum atomic E-state index is 12.7. The Morgan fingerprint density at radius 2 is 1.51 bits per heavy atom. The minimum atomic E-state index is -1.21. The van der Waals surface area contributed by atoms with E-state index < -0.39 is 48.9 Å². The van der Waals surface area contributed by atoms with Crippen LogP contribution in [0.4, 0.5) is 0 Å². The van der Waals surface area contributed by atoms with Crippen LogP contribution in [-0.4, -0.2) is 79.7 Å². The lowest BCUT2D eigenvalue weighted by atomic mass is 9.98. The molecule has 39 heavy (non-hydrogen) atoms. The molecule has 10 heteroatoms. The van der Waals surface area contributed by atoms with Gasteiger partial charge in [-0.05, 0) is 24.5 Å². The summed E-state index contributed by atoms with van der Waals surface area (Å²) in [5.74, 6) is -0.815. The summed E-state index contributed by atoms with van der Waals surface area (Å²) in [6.07, 6.45) is -4.39. The van der Waals surface area contributed by atoms with Crippen LogP contribution in [0.5, 0.6) is 0 Å². The first-order chi connectivity index (χ1) is 19.0. The summed E-state index contributed by atoms with van der Waals surface area (Å²) in [5, 5.41) is 16.6. The number of ether oxygens (including phenoxy) is 5.